The van der Waals surface area contributed by atoms with Crippen LogP contribution in [0.2, 0.25) is 0 Å². The van der Waals surface area contributed by atoms with Gasteiger partial charge in [0.15, 0.2) is 0 Å². The van der Waals surface area contributed by atoms with E-state index in [1.165, 1.54) is 13.0 Å². The number of methoxy groups -OCH3 is 2. The summed E-state index contributed by atoms with van der Waals surface area (Å²) in [7, 11) is 3.16. The van der Waals surface area contributed by atoms with Crippen molar-refractivity contribution in [3.8, 4) is 17.6 Å². The molecule has 2 aromatic rings. The molecule has 0 saturated heterocycles. The van der Waals surface area contributed by atoms with Gasteiger partial charge in [-0.05, 0) is 46.9 Å². The molecule has 5 heteroatoms. The van der Waals surface area contributed by atoms with Crippen molar-refractivity contribution in [2.45, 2.75) is 20.3 Å². The van der Waals surface area contributed by atoms with Gasteiger partial charge in [-0.15, -0.1) is 0 Å². The Morgan fingerprint density at radius 2 is 1.77 bits per heavy atom. The number of nitriles is 1. The summed E-state index contributed by atoms with van der Waals surface area (Å²) in [4.78, 5) is 11.5. The molecule has 0 heterocycles. The van der Waals surface area contributed by atoms with E-state index in [1.54, 1.807) is 20.3 Å². The lowest BCUT2D eigenvalue weighted by atomic mass is 9.95. The molecule has 0 radical (unpaired) electrons. The van der Waals surface area contributed by atoms with E-state index in [2.05, 4.69) is 11.4 Å². The second-order valence-electron chi connectivity index (χ2n) is 5.70. The van der Waals surface area contributed by atoms with Gasteiger partial charge in [0.05, 0.1) is 20.3 Å². The number of nitrogens with zero attached hydrogens (tertiary/aromatic N) is 1. The van der Waals surface area contributed by atoms with Crippen LogP contribution in [0.5, 0.6) is 11.5 Å². The molecule has 0 fully saturated rings. The Hall–Kier alpha value is -3.26. The third kappa shape index (κ3) is 4.42. The highest BCUT2D eigenvalue weighted by molar-refractivity contribution is 5.91. The van der Waals surface area contributed by atoms with E-state index in [-0.39, 0.29) is 5.91 Å². The molecular weight excluding hydrogens is 328 g/mol. The number of ether oxygens (including phenoxy) is 2. The van der Waals surface area contributed by atoms with Crippen molar-refractivity contribution in [2.75, 3.05) is 19.5 Å². The highest BCUT2D eigenvalue weighted by atomic mass is 16.5. The minimum atomic E-state index is -0.134. The average molecular weight is 350 g/mol. The van der Waals surface area contributed by atoms with E-state index >= 15 is 0 Å². The van der Waals surface area contributed by atoms with Crippen LogP contribution >= 0.6 is 0 Å². The SMILES string of the molecule is CCc1ccc(C(=CC#N)c2cc(OC)cc(OC)c2)cc1NC(C)=O. The van der Waals surface area contributed by atoms with Crippen LogP contribution in [0.25, 0.3) is 5.57 Å². The molecule has 0 aliphatic heterocycles. The van der Waals surface area contributed by atoms with Crippen molar-refractivity contribution in [2.24, 2.45) is 0 Å². The van der Waals surface area contributed by atoms with Gasteiger partial charge in [-0.25, -0.2) is 0 Å². The van der Waals surface area contributed by atoms with Crippen LogP contribution < -0.4 is 14.8 Å². The number of hydrogen-bond donors (Lipinski definition) is 1. The van der Waals surface area contributed by atoms with Gasteiger partial charge in [-0.2, -0.15) is 5.26 Å². The largest absolute Gasteiger partial charge is 0.497 e. The summed E-state index contributed by atoms with van der Waals surface area (Å²) >= 11 is 0. The Labute approximate surface area is 153 Å². The molecule has 5 nitrogen and oxygen atoms in total. The van der Waals surface area contributed by atoms with E-state index in [9.17, 15) is 10.1 Å². The zero-order valence-electron chi connectivity index (χ0n) is 15.4. The van der Waals surface area contributed by atoms with Crippen LogP contribution in [0.3, 0.4) is 0 Å². The molecule has 0 saturated carbocycles. The van der Waals surface area contributed by atoms with Crippen LogP contribution in [-0.2, 0) is 11.2 Å². The number of rotatable bonds is 6. The summed E-state index contributed by atoms with van der Waals surface area (Å²) in [5.74, 6) is 1.14. The molecule has 134 valence electrons. The maximum absolute atomic E-state index is 11.5. The van der Waals surface area contributed by atoms with Crippen LogP contribution in [0.1, 0.15) is 30.5 Å². The smallest absolute Gasteiger partial charge is 0.221 e. The molecule has 0 atom stereocenters. The third-order valence-electron chi connectivity index (χ3n) is 3.98. The molecule has 0 unspecified atom stereocenters. The van der Waals surface area contributed by atoms with Crippen molar-refractivity contribution in [1.29, 1.82) is 5.26 Å². The zero-order valence-corrected chi connectivity index (χ0v) is 15.4. The highest BCUT2D eigenvalue weighted by Gasteiger charge is 2.12. The fourth-order valence-electron chi connectivity index (χ4n) is 2.72. The number of amides is 1. The maximum Gasteiger partial charge on any atom is 0.221 e. The lowest BCUT2D eigenvalue weighted by Crippen LogP contribution is -2.08. The molecule has 0 spiro atoms. The number of allylic oxidation sites excluding steroid dienone is 1. The van der Waals surface area contributed by atoms with Crippen LogP contribution in [0.4, 0.5) is 5.69 Å². The Balaban J connectivity index is 2.60. The van der Waals surface area contributed by atoms with Gasteiger partial charge >= 0.3 is 0 Å². The molecule has 1 amide bonds. The number of carbonyl (C=O) groups is 1. The fraction of sp³-hybridized carbons (Fsp3) is 0.238. The molecular formula is C21H22N2O3. The Kier molecular flexibility index (Phi) is 6.40. The van der Waals surface area contributed by atoms with Gasteiger partial charge in [-0.3, -0.25) is 4.79 Å². The molecule has 2 aromatic carbocycles. The molecule has 26 heavy (non-hydrogen) atoms. The van der Waals surface area contributed by atoms with Gasteiger partial charge in [0.1, 0.15) is 11.5 Å². The summed E-state index contributed by atoms with van der Waals surface area (Å²) in [6, 6.07) is 13.4. The van der Waals surface area contributed by atoms with Gasteiger partial charge < -0.3 is 14.8 Å². The topological polar surface area (TPSA) is 71.3 Å². The predicted molar refractivity (Wildman–Crippen MR) is 102 cm³/mol. The molecule has 0 bridgehead atoms. The molecule has 0 aliphatic carbocycles. The Bertz CT molecular complexity index is 857. The summed E-state index contributed by atoms with van der Waals surface area (Å²) in [6.07, 6.45) is 2.27. The van der Waals surface area contributed by atoms with Crippen molar-refractivity contribution in [3.05, 3.63) is 59.2 Å². The monoisotopic (exact) mass is 350 g/mol. The van der Waals surface area contributed by atoms with Gasteiger partial charge in [0.2, 0.25) is 5.91 Å². The second-order valence-corrected chi connectivity index (χ2v) is 5.70. The highest BCUT2D eigenvalue weighted by Crippen LogP contribution is 2.32. The minimum Gasteiger partial charge on any atom is -0.497 e. The quantitative estimate of drug-likeness (QED) is 0.793. The molecule has 0 aromatic heterocycles. The summed E-state index contributed by atoms with van der Waals surface area (Å²) in [5.41, 5.74) is 4.11. The number of nitrogens with one attached hydrogen (secondary N) is 1. The summed E-state index contributed by atoms with van der Waals surface area (Å²) < 4.78 is 10.7. The fourth-order valence-corrected chi connectivity index (χ4v) is 2.72. The molecule has 1 N–H and O–H groups in total. The Morgan fingerprint density at radius 3 is 2.27 bits per heavy atom. The number of carbonyl (C=O) groups excluding carboxylic acids is 1. The number of benzene rings is 2. The van der Waals surface area contributed by atoms with Crippen molar-refractivity contribution < 1.29 is 14.3 Å². The van der Waals surface area contributed by atoms with E-state index in [0.717, 1.165) is 34.4 Å². The van der Waals surface area contributed by atoms with Gasteiger partial charge in [0, 0.05) is 24.8 Å². The lowest BCUT2D eigenvalue weighted by Gasteiger charge is -2.14. The van der Waals surface area contributed by atoms with Gasteiger partial charge in [0.25, 0.3) is 0 Å². The summed E-state index contributed by atoms with van der Waals surface area (Å²) in [6.45, 7) is 3.50. The van der Waals surface area contributed by atoms with Gasteiger partial charge in [-0.1, -0.05) is 19.1 Å². The van der Waals surface area contributed by atoms with Crippen molar-refractivity contribution in [3.63, 3.8) is 0 Å². The first-order valence-electron chi connectivity index (χ1n) is 8.26. The second kappa shape index (κ2) is 8.72. The first kappa shape index (κ1) is 19.1. The number of anilines is 1. The standard InChI is InChI=1S/C21H22N2O3/c1-5-15-6-7-16(12-21(15)23-14(2)24)20(8-9-22)17-10-18(25-3)13-19(11-17)26-4/h6-8,10-13H,5H2,1-4H3,(H,23,24). The molecule has 2 rings (SSSR count). The molecule has 0 aliphatic rings. The van der Waals surface area contributed by atoms with E-state index in [4.69, 9.17) is 9.47 Å². The average Bonchev–Trinajstić information content (AvgIpc) is 2.65. The zero-order chi connectivity index (χ0) is 19.1. The first-order valence-corrected chi connectivity index (χ1v) is 8.26. The number of hydrogen-bond acceptors (Lipinski definition) is 4. The van der Waals surface area contributed by atoms with Crippen LogP contribution in [0, 0.1) is 11.3 Å². The summed E-state index contributed by atoms with van der Waals surface area (Å²) in [5, 5.41) is 12.1. The minimum absolute atomic E-state index is 0.134. The van der Waals surface area contributed by atoms with Crippen molar-refractivity contribution >= 4 is 17.2 Å². The van der Waals surface area contributed by atoms with Crippen LogP contribution in [-0.4, -0.2) is 20.1 Å². The van der Waals surface area contributed by atoms with Crippen LogP contribution in [0.15, 0.2) is 42.5 Å². The first-order chi connectivity index (χ1) is 12.5. The van der Waals surface area contributed by atoms with E-state index < -0.39 is 0 Å². The maximum atomic E-state index is 11.5. The number of aryl methyl sites for hydroxylation is 1. The van der Waals surface area contributed by atoms with E-state index in [1.807, 2.05) is 37.3 Å². The third-order valence-corrected chi connectivity index (χ3v) is 3.98. The predicted octanol–water partition coefficient (Wildman–Crippen LogP) is 4.18. The Morgan fingerprint density at radius 1 is 1.12 bits per heavy atom. The lowest BCUT2D eigenvalue weighted by molar-refractivity contribution is -0.114. The van der Waals surface area contributed by atoms with E-state index in [0.29, 0.717) is 11.5 Å². The van der Waals surface area contributed by atoms with Crippen molar-refractivity contribution in [1.82, 2.24) is 0 Å². The normalized spacial score (nSPS) is 10.8.